The molecular weight excluding hydrogens is 304 g/mol. The molecule has 128 valence electrons. The Morgan fingerprint density at radius 1 is 1.29 bits per heavy atom. The van der Waals surface area contributed by atoms with Gasteiger partial charge in [-0.2, -0.15) is 0 Å². The molecule has 1 aliphatic carbocycles. The number of amides is 2. The fraction of sp³-hybridized carbons (Fsp3) is 0.474. The second-order valence-electron chi connectivity index (χ2n) is 7.66. The molecule has 3 rings (SSSR count). The van der Waals surface area contributed by atoms with Gasteiger partial charge in [0.25, 0.3) is 5.91 Å². The summed E-state index contributed by atoms with van der Waals surface area (Å²) in [5.41, 5.74) is 2.27. The Kier molecular flexibility index (Phi) is 3.90. The molecule has 1 aromatic carbocycles. The van der Waals surface area contributed by atoms with E-state index in [-0.39, 0.29) is 17.9 Å². The van der Waals surface area contributed by atoms with Gasteiger partial charge in [-0.3, -0.25) is 4.79 Å². The fourth-order valence-corrected chi connectivity index (χ4v) is 3.53. The highest BCUT2D eigenvalue weighted by atomic mass is 16.6. The second kappa shape index (κ2) is 5.65. The van der Waals surface area contributed by atoms with Gasteiger partial charge in [-0.15, -0.1) is 0 Å². The van der Waals surface area contributed by atoms with Gasteiger partial charge in [-0.05, 0) is 38.3 Å². The van der Waals surface area contributed by atoms with Gasteiger partial charge < -0.3 is 9.64 Å². The molecule has 0 N–H and O–H groups in total. The molecule has 0 radical (unpaired) electrons. The van der Waals surface area contributed by atoms with Crippen LogP contribution < -0.4 is 0 Å². The number of ether oxygens (including phenoxy) is 1. The summed E-state index contributed by atoms with van der Waals surface area (Å²) < 4.78 is 5.49. The average molecular weight is 328 g/mol. The Morgan fingerprint density at radius 2 is 1.96 bits per heavy atom. The van der Waals surface area contributed by atoms with E-state index >= 15 is 0 Å². The summed E-state index contributed by atoms with van der Waals surface area (Å²) in [5, 5.41) is 0. The molecule has 1 fully saturated rings. The van der Waals surface area contributed by atoms with E-state index in [0.29, 0.717) is 5.57 Å². The maximum Gasteiger partial charge on any atom is 0.417 e. The molecule has 0 aromatic heterocycles. The maximum absolute atomic E-state index is 12.9. The Labute approximate surface area is 142 Å². The molecule has 2 amide bonds. The SMILES string of the molecule is CN(C)/C=C1/C(=O)N(C(=O)OC(C)(C)C)C2c3ccccc3CC12. The third-order valence-electron chi connectivity index (χ3n) is 4.33. The lowest BCUT2D eigenvalue weighted by molar-refractivity contribution is -0.125. The van der Waals surface area contributed by atoms with Crippen molar-refractivity contribution in [2.75, 3.05) is 14.1 Å². The molecule has 5 nitrogen and oxygen atoms in total. The molecule has 0 spiro atoms. The summed E-state index contributed by atoms with van der Waals surface area (Å²) in [7, 11) is 3.76. The van der Waals surface area contributed by atoms with Gasteiger partial charge >= 0.3 is 6.09 Å². The Morgan fingerprint density at radius 3 is 2.58 bits per heavy atom. The largest absolute Gasteiger partial charge is 0.443 e. The number of carbonyl (C=O) groups excluding carboxylic acids is 2. The van der Waals surface area contributed by atoms with Crippen molar-refractivity contribution in [1.82, 2.24) is 9.80 Å². The minimum absolute atomic E-state index is 0.00943. The zero-order valence-corrected chi connectivity index (χ0v) is 14.9. The van der Waals surface area contributed by atoms with Crippen LogP contribution in [-0.4, -0.2) is 41.5 Å². The maximum atomic E-state index is 12.9. The predicted octanol–water partition coefficient (Wildman–Crippen LogP) is 3.12. The lowest BCUT2D eigenvalue weighted by Crippen LogP contribution is -2.39. The van der Waals surface area contributed by atoms with E-state index in [9.17, 15) is 9.59 Å². The number of nitrogens with zero attached hydrogens (tertiary/aromatic N) is 2. The first kappa shape index (κ1) is 16.6. The number of rotatable bonds is 1. The van der Waals surface area contributed by atoms with E-state index in [0.717, 1.165) is 12.0 Å². The summed E-state index contributed by atoms with van der Waals surface area (Å²) in [5.74, 6) is -0.257. The summed E-state index contributed by atoms with van der Waals surface area (Å²) in [6.07, 6.45) is 2.03. The summed E-state index contributed by atoms with van der Waals surface area (Å²) in [6, 6.07) is 7.75. The number of hydrogen-bond donors (Lipinski definition) is 0. The highest BCUT2D eigenvalue weighted by Gasteiger charge is 2.52. The van der Waals surface area contributed by atoms with E-state index in [4.69, 9.17) is 4.74 Å². The van der Waals surface area contributed by atoms with Gasteiger partial charge in [0, 0.05) is 31.8 Å². The van der Waals surface area contributed by atoms with Crippen molar-refractivity contribution in [2.45, 2.75) is 38.8 Å². The number of likely N-dealkylation sites (tertiary alicyclic amines) is 1. The van der Waals surface area contributed by atoms with Crippen molar-refractivity contribution >= 4 is 12.0 Å². The number of fused-ring (bicyclic) bond motifs is 3. The molecule has 5 heteroatoms. The highest BCUT2D eigenvalue weighted by Crippen LogP contribution is 2.49. The first-order valence-electron chi connectivity index (χ1n) is 8.21. The molecule has 2 aliphatic rings. The van der Waals surface area contributed by atoms with E-state index in [1.54, 1.807) is 0 Å². The molecule has 0 saturated carbocycles. The molecule has 1 saturated heterocycles. The van der Waals surface area contributed by atoms with Gasteiger partial charge in [0.15, 0.2) is 0 Å². The summed E-state index contributed by atoms with van der Waals surface area (Å²) in [6.45, 7) is 5.42. The molecule has 2 unspecified atom stereocenters. The van der Waals surface area contributed by atoms with Crippen molar-refractivity contribution in [2.24, 2.45) is 5.92 Å². The van der Waals surface area contributed by atoms with Gasteiger partial charge in [0.1, 0.15) is 5.60 Å². The third-order valence-corrected chi connectivity index (χ3v) is 4.33. The van der Waals surface area contributed by atoms with Crippen molar-refractivity contribution in [1.29, 1.82) is 0 Å². The molecule has 1 aromatic rings. The Balaban J connectivity index is 2.04. The normalized spacial score (nSPS) is 24.1. The van der Waals surface area contributed by atoms with Gasteiger partial charge in [0.05, 0.1) is 6.04 Å². The molecule has 1 heterocycles. The van der Waals surface area contributed by atoms with Crippen molar-refractivity contribution in [3.05, 3.63) is 47.2 Å². The van der Waals surface area contributed by atoms with Crippen LogP contribution in [0.4, 0.5) is 4.79 Å². The Hall–Kier alpha value is -2.30. The highest BCUT2D eigenvalue weighted by molar-refractivity contribution is 6.06. The number of imide groups is 1. The second-order valence-corrected chi connectivity index (χ2v) is 7.66. The third kappa shape index (κ3) is 2.79. The van der Waals surface area contributed by atoms with Crippen LogP contribution in [0.2, 0.25) is 0 Å². The van der Waals surface area contributed by atoms with E-state index < -0.39 is 11.7 Å². The number of benzene rings is 1. The smallest absolute Gasteiger partial charge is 0.417 e. The fourth-order valence-electron chi connectivity index (χ4n) is 3.53. The minimum atomic E-state index is -0.640. The average Bonchev–Trinajstić information content (AvgIpc) is 2.93. The minimum Gasteiger partial charge on any atom is -0.443 e. The Bertz CT molecular complexity index is 716. The van der Waals surface area contributed by atoms with E-state index in [1.165, 1.54) is 10.5 Å². The number of hydrogen-bond acceptors (Lipinski definition) is 4. The van der Waals surface area contributed by atoms with Crippen molar-refractivity contribution in [3.8, 4) is 0 Å². The topological polar surface area (TPSA) is 49.9 Å². The first-order chi connectivity index (χ1) is 11.2. The standard InChI is InChI=1S/C19H24N2O3/c1-19(2,3)24-18(23)21-16-13-9-7-6-8-12(13)10-14(16)15(17(21)22)11-20(4)5/h6-9,11,14,16H,10H2,1-5H3/b15-11+. The lowest BCUT2D eigenvalue weighted by atomic mass is 9.97. The monoisotopic (exact) mass is 328 g/mol. The van der Waals surface area contributed by atoms with Crippen LogP contribution in [-0.2, 0) is 16.0 Å². The quantitative estimate of drug-likeness (QED) is 0.743. The van der Waals surface area contributed by atoms with Gasteiger partial charge in [-0.25, -0.2) is 9.69 Å². The molecule has 0 bridgehead atoms. The first-order valence-corrected chi connectivity index (χ1v) is 8.21. The summed E-state index contributed by atoms with van der Waals surface area (Å²) in [4.78, 5) is 28.8. The molecular formula is C19H24N2O3. The van der Waals surface area contributed by atoms with Crippen molar-refractivity contribution < 1.29 is 14.3 Å². The van der Waals surface area contributed by atoms with E-state index in [2.05, 4.69) is 6.07 Å². The zero-order valence-electron chi connectivity index (χ0n) is 14.9. The van der Waals surface area contributed by atoms with Gasteiger partial charge in [-0.1, -0.05) is 24.3 Å². The van der Waals surface area contributed by atoms with Crippen LogP contribution >= 0.6 is 0 Å². The number of carbonyl (C=O) groups is 2. The van der Waals surface area contributed by atoms with Gasteiger partial charge in [0.2, 0.25) is 0 Å². The van der Waals surface area contributed by atoms with Crippen LogP contribution in [0.15, 0.2) is 36.0 Å². The van der Waals surface area contributed by atoms with Crippen LogP contribution in [0.3, 0.4) is 0 Å². The molecule has 24 heavy (non-hydrogen) atoms. The predicted molar refractivity (Wildman–Crippen MR) is 91.2 cm³/mol. The van der Waals surface area contributed by atoms with Crippen LogP contribution in [0, 0.1) is 5.92 Å². The van der Waals surface area contributed by atoms with Crippen LogP contribution in [0.5, 0.6) is 0 Å². The molecule has 2 atom stereocenters. The molecule has 1 aliphatic heterocycles. The lowest BCUT2D eigenvalue weighted by Gasteiger charge is -2.27. The van der Waals surface area contributed by atoms with Crippen molar-refractivity contribution in [3.63, 3.8) is 0 Å². The zero-order chi connectivity index (χ0) is 17.6. The summed E-state index contributed by atoms with van der Waals surface area (Å²) >= 11 is 0. The van der Waals surface area contributed by atoms with E-state index in [1.807, 2.05) is 64.2 Å². The van der Waals surface area contributed by atoms with Crippen LogP contribution in [0.25, 0.3) is 0 Å². The van der Waals surface area contributed by atoms with Crippen LogP contribution in [0.1, 0.15) is 37.9 Å².